The molecule has 0 bridgehead atoms. The fourth-order valence-corrected chi connectivity index (χ4v) is 5.07. The van der Waals surface area contributed by atoms with Crippen LogP contribution >= 0.6 is 0 Å². The summed E-state index contributed by atoms with van der Waals surface area (Å²) in [5.41, 5.74) is 7.27. The van der Waals surface area contributed by atoms with E-state index in [1.165, 1.54) is 0 Å². The summed E-state index contributed by atoms with van der Waals surface area (Å²) in [5, 5.41) is 8.66. The number of Topliss-reactive ketones (excluding diaryl/α,β-unsaturated/α-hetero) is 1. The monoisotopic (exact) mass is 606 g/mol. The minimum atomic E-state index is -0.967. The fourth-order valence-electron chi connectivity index (χ4n) is 5.07. The van der Waals surface area contributed by atoms with E-state index in [1.54, 1.807) is 6.92 Å². The number of hydrogen-bond donors (Lipinski definition) is 4. The van der Waals surface area contributed by atoms with Crippen molar-refractivity contribution in [3.05, 3.63) is 71.8 Å². The summed E-state index contributed by atoms with van der Waals surface area (Å²) in [6.07, 6.45) is 2.82. The number of ether oxygens (including phenoxy) is 1. The first-order valence-electron chi connectivity index (χ1n) is 15.8. The van der Waals surface area contributed by atoms with E-state index in [-0.39, 0.29) is 18.1 Å². The predicted octanol–water partition coefficient (Wildman–Crippen LogP) is 3.48. The topological polar surface area (TPSA) is 143 Å². The number of rotatable bonds is 18. The van der Waals surface area contributed by atoms with Gasteiger partial charge in [-0.05, 0) is 62.0 Å². The molecule has 9 heteroatoms. The molecule has 2 aromatic rings. The maximum absolute atomic E-state index is 13.7. The normalized spacial score (nSPS) is 18.6. The highest BCUT2D eigenvalue weighted by Gasteiger charge is 2.50. The molecule has 1 heterocycles. The number of nitrogens with one attached hydrogen (secondary N) is 3. The third kappa shape index (κ3) is 11.2. The molecule has 0 saturated carbocycles. The first-order chi connectivity index (χ1) is 20.9. The minimum absolute atomic E-state index is 0.149. The van der Waals surface area contributed by atoms with Gasteiger partial charge in [0, 0.05) is 6.42 Å². The van der Waals surface area contributed by atoms with Gasteiger partial charge < -0.3 is 26.4 Å². The van der Waals surface area contributed by atoms with Crippen LogP contribution < -0.4 is 21.7 Å². The van der Waals surface area contributed by atoms with Crippen LogP contribution in [0.4, 0.5) is 0 Å². The first-order valence-corrected chi connectivity index (χ1v) is 15.8. The number of amides is 3. The van der Waals surface area contributed by atoms with Crippen LogP contribution in [0.1, 0.15) is 71.4 Å². The van der Waals surface area contributed by atoms with Gasteiger partial charge in [-0.3, -0.25) is 19.2 Å². The van der Waals surface area contributed by atoms with Gasteiger partial charge in [0.05, 0.1) is 18.7 Å². The van der Waals surface area contributed by atoms with E-state index in [4.69, 9.17) is 10.5 Å². The van der Waals surface area contributed by atoms with Gasteiger partial charge in [-0.1, -0.05) is 88.4 Å². The van der Waals surface area contributed by atoms with E-state index in [1.807, 2.05) is 88.4 Å². The van der Waals surface area contributed by atoms with Crippen LogP contribution in [-0.2, 0) is 36.8 Å². The van der Waals surface area contributed by atoms with Gasteiger partial charge in [0.15, 0.2) is 5.78 Å². The molecule has 1 aliphatic rings. The van der Waals surface area contributed by atoms with Crippen molar-refractivity contribution in [1.82, 2.24) is 16.0 Å². The summed E-state index contributed by atoms with van der Waals surface area (Å²) in [5.74, 6) is -1.06. The molecule has 0 aliphatic carbocycles. The van der Waals surface area contributed by atoms with E-state index >= 15 is 0 Å². The Morgan fingerprint density at radius 2 is 1.25 bits per heavy atom. The molecule has 9 nitrogen and oxygen atoms in total. The lowest BCUT2D eigenvalue weighted by molar-refractivity contribution is -0.134. The highest BCUT2D eigenvalue weighted by atomic mass is 16.6. The number of carbonyl (C=O) groups is 4. The Balaban J connectivity index is 1.75. The molecule has 0 spiro atoms. The largest absolute Gasteiger partial charge is 0.361 e. The summed E-state index contributed by atoms with van der Waals surface area (Å²) in [6, 6.07) is 15.8. The fraction of sp³-hybridized carbons (Fsp3) is 0.543. The molecule has 1 saturated heterocycles. The summed E-state index contributed by atoms with van der Waals surface area (Å²) >= 11 is 0. The standard InChI is InChI=1S/C35H50N4O5/c1-23(2)16-19-28(37-32(41)27(36)18-17-25-12-8-6-9-13-25)33(42)39-30(21-26-14-10-7-11-15-26)34(43)38-29(20-24(3)4)31(40)35(5)22-44-35/h6-15,23-24,27-30H,16-22,36H2,1-5H3,(H,37,41)(H,38,43)(H,39,42)/t27-,28-,29-,30-,35+/m0/s1. The highest BCUT2D eigenvalue weighted by Crippen LogP contribution is 2.29. The number of nitrogens with two attached hydrogens (primary N) is 1. The lowest BCUT2D eigenvalue weighted by Gasteiger charge is -2.27. The van der Waals surface area contributed by atoms with Crippen molar-refractivity contribution in [3.8, 4) is 0 Å². The van der Waals surface area contributed by atoms with Gasteiger partial charge >= 0.3 is 0 Å². The third-order valence-corrected chi connectivity index (χ3v) is 7.94. The molecular weight excluding hydrogens is 556 g/mol. The summed E-state index contributed by atoms with van der Waals surface area (Å²) < 4.78 is 5.38. The van der Waals surface area contributed by atoms with Gasteiger partial charge in [-0.15, -0.1) is 0 Å². The number of ketones is 1. The molecule has 5 N–H and O–H groups in total. The molecule has 1 fully saturated rings. The van der Waals surface area contributed by atoms with Crippen molar-refractivity contribution in [2.45, 2.75) is 103 Å². The SMILES string of the molecule is CC(C)CC[C@H](NC(=O)[C@@H](N)CCc1ccccc1)C(=O)N[C@@H](Cc1ccccc1)C(=O)N[C@@H](CC(C)C)C(=O)[C@@]1(C)CO1. The second-order valence-corrected chi connectivity index (χ2v) is 13.0. The molecule has 2 aromatic carbocycles. The lowest BCUT2D eigenvalue weighted by atomic mass is 9.93. The third-order valence-electron chi connectivity index (χ3n) is 7.94. The second kappa shape index (κ2) is 16.5. The zero-order valence-corrected chi connectivity index (χ0v) is 26.8. The number of benzene rings is 2. The minimum Gasteiger partial charge on any atom is -0.361 e. The Labute approximate surface area is 262 Å². The van der Waals surface area contributed by atoms with Crippen molar-refractivity contribution in [3.63, 3.8) is 0 Å². The molecule has 1 aliphatic heterocycles. The Morgan fingerprint density at radius 3 is 1.80 bits per heavy atom. The van der Waals surface area contributed by atoms with Crippen molar-refractivity contribution in [2.75, 3.05) is 6.61 Å². The number of aryl methyl sites for hydroxylation is 1. The Kier molecular flexibility index (Phi) is 13.1. The molecule has 44 heavy (non-hydrogen) atoms. The van der Waals surface area contributed by atoms with Crippen LogP contribution in [0.2, 0.25) is 0 Å². The van der Waals surface area contributed by atoms with E-state index < -0.39 is 47.5 Å². The molecular formula is C35H50N4O5. The lowest BCUT2D eigenvalue weighted by Crippen LogP contribution is -2.58. The average Bonchev–Trinajstić information content (AvgIpc) is 3.75. The summed E-state index contributed by atoms with van der Waals surface area (Å²) in [4.78, 5) is 53.8. The first kappa shape index (κ1) is 34.9. The zero-order valence-electron chi connectivity index (χ0n) is 26.8. The predicted molar refractivity (Wildman–Crippen MR) is 172 cm³/mol. The van der Waals surface area contributed by atoms with Gasteiger partial charge in [0.25, 0.3) is 0 Å². The molecule has 240 valence electrons. The van der Waals surface area contributed by atoms with Crippen molar-refractivity contribution in [1.29, 1.82) is 0 Å². The number of carbonyl (C=O) groups excluding carboxylic acids is 4. The Hall–Kier alpha value is -3.56. The van der Waals surface area contributed by atoms with Crippen LogP contribution in [0.25, 0.3) is 0 Å². The van der Waals surface area contributed by atoms with Crippen molar-refractivity contribution in [2.24, 2.45) is 17.6 Å². The number of hydrogen-bond acceptors (Lipinski definition) is 6. The van der Waals surface area contributed by atoms with Gasteiger partial charge in [0.2, 0.25) is 17.7 Å². The molecule has 0 radical (unpaired) electrons. The number of epoxide rings is 1. The molecule has 0 aromatic heterocycles. The quantitative estimate of drug-likeness (QED) is 0.191. The van der Waals surface area contributed by atoms with Crippen LogP contribution in [0, 0.1) is 11.8 Å². The van der Waals surface area contributed by atoms with Gasteiger partial charge in [0.1, 0.15) is 17.7 Å². The van der Waals surface area contributed by atoms with E-state index in [9.17, 15) is 19.2 Å². The van der Waals surface area contributed by atoms with Gasteiger partial charge in [-0.2, -0.15) is 0 Å². The maximum Gasteiger partial charge on any atom is 0.243 e. The van der Waals surface area contributed by atoms with Crippen LogP contribution in [0.3, 0.4) is 0 Å². The maximum atomic E-state index is 13.7. The van der Waals surface area contributed by atoms with Crippen LogP contribution in [0.5, 0.6) is 0 Å². The van der Waals surface area contributed by atoms with E-state index in [0.29, 0.717) is 44.6 Å². The van der Waals surface area contributed by atoms with E-state index in [0.717, 1.165) is 11.1 Å². The molecule has 5 atom stereocenters. The van der Waals surface area contributed by atoms with Crippen molar-refractivity contribution >= 4 is 23.5 Å². The van der Waals surface area contributed by atoms with Crippen molar-refractivity contribution < 1.29 is 23.9 Å². The Bertz CT molecular complexity index is 1230. The average molecular weight is 607 g/mol. The molecule has 3 amide bonds. The molecule has 3 rings (SSSR count). The smallest absolute Gasteiger partial charge is 0.243 e. The van der Waals surface area contributed by atoms with Crippen LogP contribution in [0.15, 0.2) is 60.7 Å². The van der Waals surface area contributed by atoms with E-state index in [2.05, 4.69) is 16.0 Å². The Morgan fingerprint density at radius 1 is 0.727 bits per heavy atom. The zero-order chi connectivity index (χ0) is 32.3. The second-order valence-electron chi connectivity index (χ2n) is 13.0. The van der Waals surface area contributed by atoms with Crippen LogP contribution in [-0.4, -0.2) is 59.9 Å². The van der Waals surface area contributed by atoms with Gasteiger partial charge in [-0.25, -0.2) is 0 Å². The highest BCUT2D eigenvalue weighted by molar-refractivity contribution is 5.98. The molecule has 0 unspecified atom stereocenters. The summed E-state index contributed by atoms with van der Waals surface area (Å²) in [6.45, 7) is 10.1. The summed E-state index contributed by atoms with van der Waals surface area (Å²) in [7, 11) is 0.